The van der Waals surface area contributed by atoms with E-state index in [2.05, 4.69) is 0 Å². The van der Waals surface area contributed by atoms with E-state index in [0.29, 0.717) is 12.1 Å². The molecule has 0 aliphatic rings. The number of benzene rings is 1. The second kappa shape index (κ2) is 5.24. The maximum Gasteiger partial charge on any atom is 0.419 e. The predicted molar refractivity (Wildman–Crippen MR) is 55.3 cm³/mol. The Kier molecular flexibility index (Phi) is 4.15. The number of alkyl halides is 3. The van der Waals surface area contributed by atoms with E-state index in [9.17, 15) is 22.4 Å². The normalized spacial score (nSPS) is 13.2. The van der Waals surface area contributed by atoms with E-state index in [-0.39, 0.29) is 12.2 Å². The van der Waals surface area contributed by atoms with Gasteiger partial charge in [-0.1, -0.05) is 6.92 Å². The lowest BCUT2D eigenvalue weighted by Gasteiger charge is -2.15. The van der Waals surface area contributed by atoms with Gasteiger partial charge in [-0.15, -0.1) is 0 Å². The third-order valence-corrected chi connectivity index (χ3v) is 2.21. The van der Waals surface area contributed by atoms with Crippen LogP contribution < -0.4 is 10.5 Å². The molecule has 0 heterocycles. The SMILES string of the molecule is CC[C@@H](Oc1ccc(F)c(C(F)(F)F)c1)C(N)=O. The Morgan fingerprint density at radius 1 is 1.44 bits per heavy atom. The van der Waals surface area contributed by atoms with E-state index >= 15 is 0 Å². The number of halogens is 4. The van der Waals surface area contributed by atoms with Crippen LogP contribution in [0.25, 0.3) is 0 Å². The van der Waals surface area contributed by atoms with E-state index in [4.69, 9.17) is 10.5 Å². The minimum Gasteiger partial charge on any atom is -0.481 e. The van der Waals surface area contributed by atoms with Crippen molar-refractivity contribution in [3.05, 3.63) is 29.6 Å². The second-order valence-corrected chi connectivity index (χ2v) is 3.56. The Hall–Kier alpha value is -1.79. The molecular formula is C11H11F4NO2. The van der Waals surface area contributed by atoms with Gasteiger partial charge in [-0.3, -0.25) is 4.79 Å². The zero-order valence-electron chi connectivity index (χ0n) is 9.42. The summed E-state index contributed by atoms with van der Waals surface area (Å²) in [6.07, 6.45) is -5.66. The lowest BCUT2D eigenvalue weighted by atomic mass is 10.2. The minimum absolute atomic E-state index is 0.202. The van der Waals surface area contributed by atoms with Crippen molar-refractivity contribution in [2.75, 3.05) is 0 Å². The van der Waals surface area contributed by atoms with E-state index in [1.165, 1.54) is 0 Å². The van der Waals surface area contributed by atoms with Gasteiger partial charge in [-0.05, 0) is 24.6 Å². The number of hydrogen-bond acceptors (Lipinski definition) is 2. The van der Waals surface area contributed by atoms with Gasteiger partial charge in [0.05, 0.1) is 5.56 Å². The standard InChI is InChI=1S/C11H11F4NO2/c1-2-9(10(16)17)18-6-3-4-8(12)7(5-6)11(13,14)15/h3-5,9H,2H2,1H3,(H2,16,17)/t9-/m1/s1. The molecule has 1 rings (SSSR count). The summed E-state index contributed by atoms with van der Waals surface area (Å²) in [5, 5.41) is 0. The monoisotopic (exact) mass is 265 g/mol. The number of ether oxygens (including phenoxy) is 1. The average Bonchev–Trinajstić information content (AvgIpc) is 2.25. The molecule has 7 heteroatoms. The molecule has 0 saturated heterocycles. The van der Waals surface area contributed by atoms with Gasteiger partial charge in [0.2, 0.25) is 0 Å². The van der Waals surface area contributed by atoms with Crippen LogP contribution in [0, 0.1) is 5.82 Å². The molecule has 0 aliphatic heterocycles. The predicted octanol–water partition coefficient (Wildman–Crippen LogP) is 2.49. The third kappa shape index (κ3) is 3.35. The highest BCUT2D eigenvalue weighted by Gasteiger charge is 2.34. The second-order valence-electron chi connectivity index (χ2n) is 3.56. The molecule has 0 aromatic heterocycles. The van der Waals surface area contributed by atoms with Gasteiger partial charge in [0.1, 0.15) is 11.6 Å². The molecule has 0 spiro atoms. The van der Waals surface area contributed by atoms with Crippen molar-refractivity contribution in [1.82, 2.24) is 0 Å². The van der Waals surface area contributed by atoms with Crippen LogP contribution in [-0.2, 0) is 11.0 Å². The molecule has 0 unspecified atom stereocenters. The number of carbonyl (C=O) groups excluding carboxylic acids is 1. The summed E-state index contributed by atoms with van der Waals surface area (Å²) in [5.41, 5.74) is 3.54. The van der Waals surface area contributed by atoms with Gasteiger partial charge >= 0.3 is 6.18 Å². The van der Waals surface area contributed by atoms with Crippen molar-refractivity contribution in [3.63, 3.8) is 0 Å². The summed E-state index contributed by atoms with van der Waals surface area (Å²) in [4.78, 5) is 10.9. The first kappa shape index (κ1) is 14.3. The summed E-state index contributed by atoms with van der Waals surface area (Å²) < 4.78 is 55.2. The van der Waals surface area contributed by atoms with Gasteiger partial charge in [0, 0.05) is 0 Å². The van der Waals surface area contributed by atoms with Gasteiger partial charge in [0.25, 0.3) is 5.91 Å². The van der Waals surface area contributed by atoms with Crippen LogP contribution in [0.15, 0.2) is 18.2 Å². The molecule has 1 atom stereocenters. The van der Waals surface area contributed by atoms with Crippen molar-refractivity contribution < 1.29 is 27.1 Å². The number of primary amides is 1. The van der Waals surface area contributed by atoms with Crippen LogP contribution in [0.2, 0.25) is 0 Å². The summed E-state index contributed by atoms with van der Waals surface area (Å²) in [7, 11) is 0. The molecular weight excluding hydrogens is 254 g/mol. The highest BCUT2D eigenvalue weighted by molar-refractivity contribution is 5.79. The molecule has 1 aromatic carbocycles. The maximum atomic E-state index is 13.0. The number of nitrogens with two attached hydrogens (primary N) is 1. The van der Waals surface area contributed by atoms with Gasteiger partial charge < -0.3 is 10.5 Å². The van der Waals surface area contributed by atoms with Crippen molar-refractivity contribution in [2.45, 2.75) is 25.6 Å². The van der Waals surface area contributed by atoms with E-state index in [0.717, 1.165) is 6.07 Å². The molecule has 0 bridgehead atoms. The van der Waals surface area contributed by atoms with Crippen molar-refractivity contribution in [1.29, 1.82) is 0 Å². The van der Waals surface area contributed by atoms with Gasteiger partial charge in [-0.25, -0.2) is 4.39 Å². The molecule has 1 aromatic rings. The number of rotatable bonds is 4. The van der Waals surface area contributed by atoms with Crippen LogP contribution in [0.3, 0.4) is 0 Å². The number of amides is 1. The van der Waals surface area contributed by atoms with Crippen LogP contribution in [0.5, 0.6) is 5.75 Å². The molecule has 0 fully saturated rings. The Labute approximate surface area is 101 Å². The largest absolute Gasteiger partial charge is 0.481 e. The highest BCUT2D eigenvalue weighted by atomic mass is 19.4. The fraction of sp³-hybridized carbons (Fsp3) is 0.364. The third-order valence-electron chi connectivity index (χ3n) is 2.21. The van der Waals surface area contributed by atoms with Crippen molar-refractivity contribution >= 4 is 5.91 Å². The Bertz CT molecular complexity index is 445. The van der Waals surface area contributed by atoms with Crippen LogP contribution in [0.4, 0.5) is 17.6 Å². The van der Waals surface area contributed by atoms with E-state index in [1.54, 1.807) is 6.92 Å². The number of carbonyl (C=O) groups is 1. The number of hydrogen-bond donors (Lipinski definition) is 1. The zero-order chi connectivity index (χ0) is 13.9. The first-order chi connectivity index (χ1) is 8.25. The minimum atomic E-state index is -4.82. The molecule has 0 saturated carbocycles. The fourth-order valence-electron chi connectivity index (χ4n) is 1.30. The van der Waals surface area contributed by atoms with Crippen LogP contribution in [0.1, 0.15) is 18.9 Å². The molecule has 3 nitrogen and oxygen atoms in total. The van der Waals surface area contributed by atoms with Gasteiger partial charge in [-0.2, -0.15) is 13.2 Å². The first-order valence-corrected chi connectivity index (χ1v) is 5.08. The van der Waals surface area contributed by atoms with Crippen LogP contribution >= 0.6 is 0 Å². The quantitative estimate of drug-likeness (QED) is 0.850. The summed E-state index contributed by atoms with van der Waals surface area (Å²) >= 11 is 0. The molecule has 1 amide bonds. The summed E-state index contributed by atoms with van der Waals surface area (Å²) in [5.74, 6) is -2.45. The van der Waals surface area contributed by atoms with E-state index < -0.39 is 29.6 Å². The smallest absolute Gasteiger partial charge is 0.419 e. The molecule has 0 radical (unpaired) electrons. The maximum absolute atomic E-state index is 13.0. The fourth-order valence-corrected chi connectivity index (χ4v) is 1.30. The van der Waals surface area contributed by atoms with Gasteiger partial charge in [0.15, 0.2) is 6.10 Å². The topological polar surface area (TPSA) is 52.3 Å². The first-order valence-electron chi connectivity index (χ1n) is 5.08. The highest BCUT2D eigenvalue weighted by Crippen LogP contribution is 2.33. The molecule has 18 heavy (non-hydrogen) atoms. The zero-order valence-corrected chi connectivity index (χ0v) is 9.42. The Morgan fingerprint density at radius 3 is 2.50 bits per heavy atom. The van der Waals surface area contributed by atoms with E-state index in [1.807, 2.05) is 0 Å². The average molecular weight is 265 g/mol. The molecule has 2 N–H and O–H groups in total. The Balaban J connectivity index is 3.02. The molecule has 100 valence electrons. The Morgan fingerprint density at radius 2 is 2.06 bits per heavy atom. The summed E-state index contributed by atoms with van der Waals surface area (Å²) in [6.45, 7) is 1.59. The lowest BCUT2D eigenvalue weighted by molar-refractivity contribution is -0.140. The van der Waals surface area contributed by atoms with Crippen molar-refractivity contribution in [3.8, 4) is 5.75 Å². The van der Waals surface area contributed by atoms with Crippen LogP contribution in [-0.4, -0.2) is 12.0 Å². The summed E-state index contributed by atoms with van der Waals surface area (Å²) in [6, 6.07) is 2.14. The lowest BCUT2D eigenvalue weighted by Crippen LogP contribution is -2.33. The molecule has 0 aliphatic carbocycles. The van der Waals surface area contributed by atoms with Crippen molar-refractivity contribution in [2.24, 2.45) is 5.73 Å².